The second kappa shape index (κ2) is 10.2. The summed E-state index contributed by atoms with van der Waals surface area (Å²) in [4.78, 5) is 28.0. The van der Waals surface area contributed by atoms with Gasteiger partial charge in [0.25, 0.3) is 5.91 Å². The Morgan fingerprint density at radius 3 is 2.50 bits per heavy atom. The van der Waals surface area contributed by atoms with Crippen molar-refractivity contribution in [3.63, 3.8) is 0 Å². The van der Waals surface area contributed by atoms with Crippen molar-refractivity contribution in [2.45, 2.75) is 33.1 Å². The Bertz CT molecular complexity index is 1600. The van der Waals surface area contributed by atoms with E-state index in [2.05, 4.69) is 36.1 Å². The van der Waals surface area contributed by atoms with Crippen LogP contribution in [-0.2, 0) is 6.42 Å². The van der Waals surface area contributed by atoms with Crippen LogP contribution in [0.4, 0.5) is 5.82 Å². The molecular formula is C31H32N6O. The van der Waals surface area contributed by atoms with E-state index in [-0.39, 0.29) is 5.91 Å². The van der Waals surface area contributed by atoms with Gasteiger partial charge in [-0.1, -0.05) is 61.5 Å². The molecule has 2 aromatic heterocycles. The van der Waals surface area contributed by atoms with Gasteiger partial charge in [0.1, 0.15) is 11.6 Å². The molecule has 1 amide bonds. The molecule has 38 heavy (non-hydrogen) atoms. The zero-order valence-corrected chi connectivity index (χ0v) is 22.0. The molecule has 1 fully saturated rings. The molecule has 0 spiro atoms. The van der Waals surface area contributed by atoms with Gasteiger partial charge in [0.15, 0.2) is 5.65 Å². The second-order valence-corrected chi connectivity index (χ2v) is 9.90. The normalized spacial score (nSPS) is 14.3. The molecule has 0 N–H and O–H groups in total. The number of rotatable bonds is 5. The molecule has 1 aliphatic rings. The average Bonchev–Trinajstić information content (AvgIpc) is 3.11. The molecule has 7 nitrogen and oxygen atoms in total. The monoisotopic (exact) mass is 504 g/mol. The standard InChI is InChI=1S/C31H32N6O/c1-3-11-27-32-29(28-22(2)34-37(30(28)33-27)24-14-5-4-6-15-24)35-18-10-19-36(21-20-35)31(38)26-17-9-13-23-12-7-8-16-25(23)26/h4-9,12-17H,3,10-11,18-21H2,1-2H3. The predicted octanol–water partition coefficient (Wildman–Crippen LogP) is 5.58. The van der Waals surface area contributed by atoms with Crippen LogP contribution in [0.3, 0.4) is 0 Å². The molecule has 1 saturated heterocycles. The fraction of sp³-hybridized carbons (Fsp3) is 0.290. The van der Waals surface area contributed by atoms with Crippen LogP contribution in [0.25, 0.3) is 27.5 Å². The first-order valence-electron chi connectivity index (χ1n) is 13.5. The smallest absolute Gasteiger partial charge is 0.254 e. The van der Waals surface area contributed by atoms with Crippen LogP contribution in [0.5, 0.6) is 0 Å². The van der Waals surface area contributed by atoms with Crippen LogP contribution in [0.15, 0.2) is 72.8 Å². The minimum absolute atomic E-state index is 0.0937. The third-order valence-corrected chi connectivity index (χ3v) is 7.31. The van der Waals surface area contributed by atoms with Gasteiger partial charge in [0, 0.05) is 38.2 Å². The molecular weight excluding hydrogens is 472 g/mol. The minimum atomic E-state index is 0.0937. The van der Waals surface area contributed by atoms with Crippen LogP contribution >= 0.6 is 0 Å². The van der Waals surface area contributed by atoms with Crippen molar-refractivity contribution in [1.29, 1.82) is 0 Å². The summed E-state index contributed by atoms with van der Waals surface area (Å²) < 4.78 is 1.93. The molecule has 0 radical (unpaired) electrons. The summed E-state index contributed by atoms with van der Waals surface area (Å²) in [5.74, 6) is 1.86. The highest BCUT2D eigenvalue weighted by Crippen LogP contribution is 2.30. The van der Waals surface area contributed by atoms with Gasteiger partial charge in [-0.15, -0.1) is 0 Å². The Kier molecular flexibility index (Phi) is 6.50. The van der Waals surface area contributed by atoms with Gasteiger partial charge >= 0.3 is 0 Å². The average molecular weight is 505 g/mol. The van der Waals surface area contributed by atoms with Crippen molar-refractivity contribution in [3.05, 3.63) is 89.9 Å². The van der Waals surface area contributed by atoms with Crippen molar-refractivity contribution in [3.8, 4) is 5.69 Å². The molecule has 3 heterocycles. The Morgan fingerprint density at radius 2 is 1.66 bits per heavy atom. The SMILES string of the molecule is CCCc1nc(N2CCCN(C(=O)c3cccc4ccccc34)CC2)c2c(C)nn(-c3ccccc3)c2n1. The molecule has 0 unspecified atom stereocenters. The van der Waals surface area contributed by atoms with Gasteiger partial charge in [-0.3, -0.25) is 4.79 Å². The summed E-state index contributed by atoms with van der Waals surface area (Å²) in [6.45, 7) is 7.08. The van der Waals surface area contributed by atoms with Crippen LogP contribution < -0.4 is 4.90 Å². The number of amides is 1. The maximum Gasteiger partial charge on any atom is 0.254 e. The van der Waals surface area contributed by atoms with E-state index in [0.29, 0.717) is 13.1 Å². The summed E-state index contributed by atoms with van der Waals surface area (Å²) in [6, 6.07) is 24.2. The number of carbonyl (C=O) groups excluding carboxylic acids is 1. The number of hydrogen-bond acceptors (Lipinski definition) is 5. The van der Waals surface area contributed by atoms with Crippen molar-refractivity contribution >= 4 is 33.5 Å². The molecule has 192 valence electrons. The van der Waals surface area contributed by atoms with Crippen molar-refractivity contribution in [1.82, 2.24) is 24.6 Å². The zero-order valence-electron chi connectivity index (χ0n) is 22.0. The maximum absolute atomic E-state index is 13.6. The number of carbonyl (C=O) groups is 1. The first-order chi connectivity index (χ1) is 18.6. The molecule has 7 heteroatoms. The number of para-hydroxylation sites is 1. The number of nitrogens with zero attached hydrogens (tertiary/aromatic N) is 6. The molecule has 5 aromatic rings. The Hall–Kier alpha value is -4.26. The number of benzene rings is 3. The largest absolute Gasteiger partial charge is 0.354 e. The van der Waals surface area contributed by atoms with E-state index >= 15 is 0 Å². The van der Waals surface area contributed by atoms with Crippen molar-refractivity contribution < 1.29 is 4.79 Å². The summed E-state index contributed by atoms with van der Waals surface area (Å²) in [6.07, 6.45) is 2.65. The fourth-order valence-electron chi connectivity index (χ4n) is 5.43. The Balaban J connectivity index is 1.34. The van der Waals surface area contributed by atoms with Gasteiger partial charge in [-0.25, -0.2) is 14.6 Å². The van der Waals surface area contributed by atoms with E-state index in [0.717, 1.165) is 82.7 Å². The Labute approximate surface area is 222 Å². The van der Waals surface area contributed by atoms with Crippen molar-refractivity contribution in [2.75, 3.05) is 31.1 Å². The summed E-state index contributed by atoms with van der Waals surface area (Å²) in [7, 11) is 0. The van der Waals surface area contributed by atoms with E-state index in [1.807, 2.05) is 65.0 Å². The van der Waals surface area contributed by atoms with Crippen LogP contribution in [0.1, 0.15) is 41.6 Å². The minimum Gasteiger partial charge on any atom is -0.354 e. The van der Waals surface area contributed by atoms with E-state index < -0.39 is 0 Å². The van der Waals surface area contributed by atoms with E-state index in [1.54, 1.807) is 0 Å². The van der Waals surface area contributed by atoms with E-state index in [4.69, 9.17) is 15.1 Å². The van der Waals surface area contributed by atoms with Crippen LogP contribution in [0.2, 0.25) is 0 Å². The predicted molar refractivity (Wildman–Crippen MR) is 152 cm³/mol. The molecule has 0 aliphatic carbocycles. The van der Waals surface area contributed by atoms with Crippen molar-refractivity contribution in [2.24, 2.45) is 0 Å². The first-order valence-corrected chi connectivity index (χ1v) is 13.5. The third kappa shape index (κ3) is 4.38. The molecule has 3 aromatic carbocycles. The van der Waals surface area contributed by atoms with E-state index in [1.165, 1.54) is 0 Å². The highest BCUT2D eigenvalue weighted by molar-refractivity contribution is 6.07. The Morgan fingerprint density at radius 1 is 0.868 bits per heavy atom. The highest BCUT2D eigenvalue weighted by atomic mass is 16.2. The van der Waals surface area contributed by atoms with Crippen LogP contribution in [0, 0.1) is 6.92 Å². The summed E-state index contributed by atoms with van der Waals surface area (Å²) in [5, 5.41) is 7.96. The first kappa shape index (κ1) is 24.1. The molecule has 1 aliphatic heterocycles. The summed E-state index contributed by atoms with van der Waals surface area (Å²) in [5.41, 5.74) is 3.51. The number of fused-ring (bicyclic) bond motifs is 2. The van der Waals surface area contributed by atoms with E-state index in [9.17, 15) is 4.79 Å². The number of aryl methyl sites for hydroxylation is 2. The highest BCUT2D eigenvalue weighted by Gasteiger charge is 2.26. The number of anilines is 1. The maximum atomic E-state index is 13.6. The van der Waals surface area contributed by atoms with Gasteiger partial charge < -0.3 is 9.80 Å². The fourth-order valence-corrected chi connectivity index (χ4v) is 5.43. The lowest BCUT2D eigenvalue weighted by molar-refractivity contribution is 0.0769. The van der Waals surface area contributed by atoms with Crippen LogP contribution in [-0.4, -0.2) is 56.7 Å². The third-order valence-electron chi connectivity index (χ3n) is 7.31. The molecule has 0 bridgehead atoms. The zero-order chi connectivity index (χ0) is 26.1. The number of hydrogen-bond donors (Lipinski definition) is 0. The van der Waals surface area contributed by atoms with Gasteiger partial charge in [-0.05, 0) is 48.7 Å². The quantitative estimate of drug-likeness (QED) is 0.313. The number of aromatic nitrogens is 4. The topological polar surface area (TPSA) is 67.2 Å². The second-order valence-electron chi connectivity index (χ2n) is 9.90. The molecule has 6 rings (SSSR count). The summed E-state index contributed by atoms with van der Waals surface area (Å²) >= 11 is 0. The lowest BCUT2D eigenvalue weighted by Gasteiger charge is -2.24. The van der Waals surface area contributed by atoms with Gasteiger partial charge in [-0.2, -0.15) is 5.10 Å². The molecule has 0 saturated carbocycles. The lowest BCUT2D eigenvalue weighted by Crippen LogP contribution is -2.35. The van der Waals surface area contributed by atoms with Gasteiger partial charge in [0.05, 0.1) is 16.8 Å². The van der Waals surface area contributed by atoms with Gasteiger partial charge in [0.2, 0.25) is 0 Å². The molecule has 0 atom stereocenters. The lowest BCUT2D eigenvalue weighted by atomic mass is 10.0.